The highest BCUT2D eigenvalue weighted by molar-refractivity contribution is 7.18. The van der Waals surface area contributed by atoms with Gasteiger partial charge in [0.2, 0.25) is 5.43 Å². The molecular formula is C25H26N6O3S2. The van der Waals surface area contributed by atoms with Gasteiger partial charge in [-0.3, -0.25) is 14.0 Å². The number of hydrogen-bond donors (Lipinski definition) is 2. The number of nitrogens with one attached hydrogen (secondary N) is 2. The number of carbonyl (C=O) groups is 1. The third-order valence-electron chi connectivity index (χ3n) is 6.41. The summed E-state index contributed by atoms with van der Waals surface area (Å²) < 4.78 is 7.52. The first kappa shape index (κ1) is 23.1. The zero-order valence-corrected chi connectivity index (χ0v) is 21.5. The highest BCUT2D eigenvalue weighted by Crippen LogP contribution is 2.33. The molecular weight excluding hydrogens is 496 g/mol. The average Bonchev–Trinajstić information content (AvgIpc) is 3.50. The van der Waals surface area contributed by atoms with Gasteiger partial charge in [-0.05, 0) is 38.0 Å². The summed E-state index contributed by atoms with van der Waals surface area (Å²) in [5, 5.41) is 9.38. The molecule has 1 amide bonds. The SMILES string of the molecule is Cc1csc(NCCNC(=O)c2c(=O)c3ccc(N4CCOCC4)nc3n3c4c(sc23)C=CCC4)n1. The van der Waals surface area contributed by atoms with E-state index in [1.807, 2.05) is 28.8 Å². The largest absolute Gasteiger partial charge is 0.378 e. The van der Waals surface area contributed by atoms with E-state index in [1.54, 1.807) is 0 Å². The molecule has 0 radical (unpaired) electrons. The van der Waals surface area contributed by atoms with Gasteiger partial charge < -0.3 is 20.3 Å². The molecule has 1 aliphatic heterocycles. The van der Waals surface area contributed by atoms with E-state index in [1.165, 1.54) is 22.7 Å². The molecule has 0 aromatic carbocycles. The van der Waals surface area contributed by atoms with Gasteiger partial charge in [-0.2, -0.15) is 0 Å². The molecule has 9 nitrogen and oxygen atoms in total. The Labute approximate surface area is 215 Å². The summed E-state index contributed by atoms with van der Waals surface area (Å²) in [5.41, 5.74) is 2.57. The van der Waals surface area contributed by atoms with Crippen LogP contribution in [0.4, 0.5) is 10.9 Å². The van der Waals surface area contributed by atoms with Gasteiger partial charge in [0.15, 0.2) is 10.8 Å². The Morgan fingerprint density at radius 2 is 2.06 bits per heavy atom. The van der Waals surface area contributed by atoms with Crippen molar-refractivity contribution in [1.29, 1.82) is 0 Å². The summed E-state index contributed by atoms with van der Waals surface area (Å²) in [6, 6.07) is 3.69. The van der Waals surface area contributed by atoms with Gasteiger partial charge in [-0.1, -0.05) is 6.08 Å². The maximum atomic E-state index is 13.7. The number of carbonyl (C=O) groups excluding carboxylic acids is 1. The molecule has 4 aromatic rings. The van der Waals surface area contributed by atoms with E-state index in [2.05, 4.69) is 32.7 Å². The molecule has 186 valence electrons. The van der Waals surface area contributed by atoms with Gasteiger partial charge in [0.25, 0.3) is 5.91 Å². The summed E-state index contributed by atoms with van der Waals surface area (Å²) >= 11 is 3.01. The van der Waals surface area contributed by atoms with Crippen LogP contribution in [0.25, 0.3) is 21.9 Å². The molecule has 1 saturated heterocycles. The molecule has 11 heteroatoms. The number of allylic oxidation sites excluding steroid dienone is 1. The Balaban J connectivity index is 1.38. The molecule has 0 bridgehead atoms. The van der Waals surface area contributed by atoms with Crippen LogP contribution >= 0.6 is 22.7 Å². The second-order valence-corrected chi connectivity index (χ2v) is 10.7. The fourth-order valence-electron chi connectivity index (χ4n) is 4.66. The van der Waals surface area contributed by atoms with Crippen molar-refractivity contribution < 1.29 is 9.53 Å². The minimum Gasteiger partial charge on any atom is -0.378 e. The number of thiazole rings is 2. The summed E-state index contributed by atoms with van der Waals surface area (Å²) in [6.07, 6.45) is 5.97. The monoisotopic (exact) mass is 522 g/mol. The first-order chi connectivity index (χ1) is 17.6. The Hall–Kier alpha value is -3.28. The Bertz CT molecular complexity index is 1550. The standard InChI is InChI=1S/C25H26N6O3S2/c1-15-14-35-25(28-15)27-9-8-26-23(33)20-21(32)16-6-7-19(30-10-12-34-13-11-30)29-22(16)31-17-4-2-3-5-18(17)36-24(20)31/h3,5-7,14H,2,4,8-13H2,1H3,(H,26,33)(H,27,28). The van der Waals surface area contributed by atoms with Crippen molar-refractivity contribution in [1.82, 2.24) is 19.7 Å². The van der Waals surface area contributed by atoms with Crippen molar-refractivity contribution in [2.24, 2.45) is 0 Å². The zero-order chi connectivity index (χ0) is 24.6. The van der Waals surface area contributed by atoms with E-state index in [0.717, 1.165) is 53.1 Å². The first-order valence-electron chi connectivity index (χ1n) is 12.0. The van der Waals surface area contributed by atoms with E-state index in [0.29, 0.717) is 42.2 Å². The zero-order valence-electron chi connectivity index (χ0n) is 19.9. The Morgan fingerprint density at radius 1 is 1.19 bits per heavy atom. The molecule has 0 atom stereocenters. The number of aromatic nitrogens is 3. The summed E-state index contributed by atoms with van der Waals surface area (Å²) in [7, 11) is 0. The summed E-state index contributed by atoms with van der Waals surface area (Å²) in [4.78, 5) is 40.2. The van der Waals surface area contributed by atoms with E-state index in [9.17, 15) is 9.59 Å². The smallest absolute Gasteiger partial charge is 0.258 e. The third kappa shape index (κ3) is 4.16. The van der Waals surface area contributed by atoms with Crippen LogP contribution in [-0.4, -0.2) is 59.7 Å². The molecule has 5 heterocycles. The van der Waals surface area contributed by atoms with Crippen LogP contribution in [0.5, 0.6) is 0 Å². The Morgan fingerprint density at radius 3 is 2.86 bits per heavy atom. The van der Waals surface area contributed by atoms with Crippen molar-refractivity contribution >= 4 is 61.5 Å². The number of nitrogens with zero attached hydrogens (tertiary/aromatic N) is 4. The number of morpholine rings is 1. The van der Waals surface area contributed by atoms with Crippen molar-refractivity contribution in [3.8, 4) is 0 Å². The van der Waals surface area contributed by atoms with Gasteiger partial charge >= 0.3 is 0 Å². The lowest BCUT2D eigenvalue weighted by molar-refractivity contribution is 0.0956. The highest BCUT2D eigenvalue weighted by atomic mass is 32.1. The number of pyridine rings is 2. The maximum Gasteiger partial charge on any atom is 0.258 e. The van der Waals surface area contributed by atoms with Crippen molar-refractivity contribution in [3.05, 3.63) is 55.6 Å². The molecule has 1 fully saturated rings. The first-order valence-corrected chi connectivity index (χ1v) is 13.7. The van der Waals surface area contributed by atoms with E-state index in [4.69, 9.17) is 9.72 Å². The molecule has 36 heavy (non-hydrogen) atoms. The predicted molar refractivity (Wildman–Crippen MR) is 145 cm³/mol. The van der Waals surface area contributed by atoms with Gasteiger partial charge in [-0.25, -0.2) is 9.97 Å². The molecule has 0 spiro atoms. The minimum atomic E-state index is -0.364. The van der Waals surface area contributed by atoms with Crippen LogP contribution in [0, 0.1) is 6.92 Å². The van der Waals surface area contributed by atoms with Crippen LogP contribution in [-0.2, 0) is 11.2 Å². The molecule has 6 rings (SSSR count). The van der Waals surface area contributed by atoms with Crippen LogP contribution in [0.2, 0.25) is 0 Å². The fourth-order valence-corrected chi connectivity index (χ4v) is 6.64. The number of hydrogen-bond acceptors (Lipinski definition) is 9. The lowest BCUT2D eigenvalue weighted by Crippen LogP contribution is -2.37. The topological polar surface area (TPSA) is 101 Å². The maximum absolute atomic E-state index is 13.7. The lowest BCUT2D eigenvalue weighted by Gasteiger charge is -2.28. The molecule has 1 aliphatic carbocycles. The minimum absolute atomic E-state index is 0.182. The average molecular weight is 523 g/mol. The van der Waals surface area contributed by atoms with E-state index < -0.39 is 0 Å². The summed E-state index contributed by atoms with van der Waals surface area (Å²) in [5.74, 6) is 0.461. The lowest BCUT2D eigenvalue weighted by atomic mass is 10.1. The molecule has 2 aliphatic rings. The predicted octanol–water partition coefficient (Wildman–Crippen LogP) is 3.31. The molecule has 0 saturated carbocycles. The fraction of sp³-hybridized carbons (Fsp3) is 0.360. The van der Waals surface area contributed by atoms with Crippen molar-refractivity contribution in [3.63, 3.8) is 0 Å². The highest BCUT2D eigenvalue weighted by Gasteiger charge is 2.25. The number of anilines is 2. The number of rotatable bonds is 6. The molecule has 2 N–H and O–H groups in total. The van der Waals surface area contributed by atoms with Crippen molar-refractivity contribution in [2.75, 3.05) is 49.6 Å². The van der Waals surface area contributed by atoms with Gasteiger partial charge in [0.1, 0.15) is 16.2 Å². The number of fused-ring (bicyclic) bond motifs is 5. The normalized spacial score (nSPS) is 15.4. The van der Waals surface area contributed by atoms with Gasteiger partial charge in [-0.15, -0.1) is 22.7 Å². The Kier molecular flexibility index (Phi) is 6.20. The summed E-state index contributed by atoms with van der Waals surface area (Å²) in [6.45, 7) is 5.67. The van der Waals surface area contributed by atoms with Crippen LogP contribution in [0.15, 0.2) is 28.4 Å². The number of aryl methyl sites for hydroxylation is 2. The van der Waals surface area contributed by atoms with E-state index in [-0.39, 0.29) is 16.9 Å². The second kappa shape index (κ2) is 9.64. The molecule has 0 unspecified atom stereocenters. The van der Waals surface area contributed by atoms with Crippen LogP contribution in [0.3, 0.4) is 0 Å². The number of ether oxygens (including phenoxy) is 1. The molecule has 4 aromatic heterocycles. The third-order valence-corrected chi connectivity index (χ3v) is 8.50. The van der Waals surface area contributed by atoms with Crippen molar-refractivity contribution in [2.45, 2.75) is 19.8 Å². The van der Waals surface area contributed by atoms with E-state index >= 15 is 0 Å². The van der Waals surface area contributed by atoms with Gasteiger partial charge in [0, 0.05) is 42.1 Å². The second-order valence-electron chi connectivity index (χ2n) is 8.82. The van der Waals surface area contributed by atoms with Crippen LogP contribution in [0.1, 0.15) is 33.0 Å². The van der Waals surface area contributed by atoms with Gasteiger partial charge in [0.05, 0.1) is 24.3 Å². The quantitative estimate of drug-likeness (QED) is 0.375. The van der Waals surface area contributed by atoms with Crippen LogP contribution < -0.4 is 21.0 Å². The number of amides is 1.